The Bertz CT molecular complexity index is 1100. The van der Waals surface area contributed by atoms with Gasteiger partial charge in [-0.3, -0.25) is 9.59 Å². The van der Waals surface area contributed by atoms with Crippen LogP contribution >= 0.6 is 0 Å². The number of rotatable bonds is 7. The topological polar surface area (TPSA) is 90.6 Å². The summed E-state index contributed by atoms with van der Waals surface area (Å²) in [5, 5.41) is 3.29. The first-order valence-corrected chi connectivity index (χ1v) is 10.6. The lowest BCUT2D eigenvalue weighted by molar-refractivity contribution is -0.127. The van der Waals surface area contributed by atoms with E-state index in [0.717, 1.165) is 22.4 Å². The third-order valence-electron chi connectivity index (χ3n) is 5.73. The van der Waals surface area contributed by atoms with Crippen molar-refractivity contribution >= 4 is 11.7 Å². The molecule has 6 nitrogen and oxygen atoms in total. The second-order valence-electron chi connectivity index (χ2n) is 7.84. The number of hydrogen-bond donors (Lipinski definition) is 2. The molecule has 2 atom stereocenters. The second kappa shape index (κ2) is 9.66. The van der Waals surface area contributed by atoms with E-state index < -0.39 is 12.0 Å². The van der Waals surface area contributed by atoms with Gasteiger partial charge in [-0.15, -0.1) is 0 Å². The minimum Gasteiger partial charge on any atom is -0.497 e. The largest absolute Gasteiger partial charge is 0.497 e. The summed E-state index contributed by atoms with van der Waals surface area (Å²) in [6.07, 6.45) is -0.149. The molecule has 6 heteroatoms. The molecule has 1 heterocycles. The SMILES string of the molecule is COc1ccc(CC(C(=O)C2CNCc3ccc(C(N)=O)cc3O2)c2ccccc2)cc1. The van der Waals surface area contributed by atoms with Crippen LogP contribution in [0, 0.1) is 0 Å². The van der Waals surface area contributed by atoms with Crippen molar-refractivity contribution in [3.05, 3.63) is 95.1 Å². The molecule has 3 aromatic rings. The van der Waals surface area contributed by atoms with E-state index in [1.807, 2.05) is 54.6 Å². The summed E-state index contributed by atoms with van der Waals surface area (Å²) < 4.78 is 11.4. The van der Waals surface area contributed by atoms with Crippen molar-refractivity contribution in [1.82, 2.24) is 5.32 Å². The summed E-state index contributed by atoms with van der Waals surface area (Å²) in [5.41, 5.74) is 8.64. The predicted octanol–water partition coefficient (Wildman–Crippen LogP) is 3.24. The molecule has 0 saturated carbocycles. The standard InChI is InChI=1S/C26H26N2O4/c1-31-21-11-7-17(8-12-21)13-22(18-5-3-2-4-6-18)25(29)24-16-28-15-20-10-9-19(26(27)30)14-23(20)32-24/h2-12,14,22,24,28H,13,15-16H2,1H3,(H2,27,30). The summed E-state index contributed by atoms with van der Waals surface area (Å²) in [7, 11) is 1.63. The summed E-state index contributed by atoms with van der Waals surface area (Å²) in [6, 6.07) is 22.6. The lowest BCUT2D eigenvalue weighted by Crippen LogP contribution is -2.39. The molecule has 0 aliphatic carbocycles. The Balaban J connectivity index is 1.62. The number of primary amides is 1. The highest BCUT2D eigenvalue weighted by Gasteiger charge is 2.32. The van der Waals surface area contributed by atoms with Crippen LogP contribution in [0.4, 0.5) is 0 Å². The zero-order valence-corrected chi connectivity index (χ0v) is 17.9. The van der Waals surface area contributed by atoms with Crippen molar-refractivity contribution in [3.8, 4) is 11.5 Å². The van der Waals surface area contributed by atoms with E-state index in [0.29, 0.717) is 30.8 Å². The van der Waals surface area contributed by atoms with Crippen molar-refractivity contribution in [2.75, 3.05) is 13.7 Å². The van der Waals surface area contributed by atoms with Gasteiger partial charge in [0.25, 0.3) is 0 Å². The van der Waals surface area contributed by atoms with Crippen LogP contribution in [0.1, 0.15) is 33.0 Å². The minimum atomic E-state index is -0.692. The van der Waals surface area contributed by atoms with Crippen LogP contribution in [0.15, 0.2) is 72.8 Å². The summed E-state index contributed by atoms with van der Waals surface area (Å²) in [5.74, 6) is 0.364. The monoisotopic (exact) mass is 430 g/mol. The second-order valence-corrected chi connectivity index (χ2v) is 7.84. The minimum absolute atomic E-state index is 0.0168. The fraction of sp³-hybridized carbons (Fsp3) is 0.231. The van der Waals surface area contributed by atoms with E-state index in [1.165, 1.54) is 0 Å². The Hall–Kier alpha value is -3.64. The zero-order chi connectivity index (χ0) is 22.5. The predicted molar refractivity (Wildman–Crippen MR) is 122 cm³/mol. The van der Waals surface area contributed by atoms with E-state index in [2.05, 4.69) is 5.32 Å². The van der Waals surface area contributed by atoms with Gasteiger partial charge in [0, 0.05) is 24.2 Å². The Morgan fingerprint density at radius 2 is 1.84 bits per heavy atom. The molecule has 0 spiro atoms. The van der Waals surface area contributed by atoms with Gasteiger partial charge < -0.3 is 20.5 Å². The molecule has 0 fully saturated rings. The Labute approximate surface area is 187 Å². The van der Waals surface area contributed by atoms with E-state index in [4.69, 9.17) is 15.2 Å². The Morgan fingerprint density at radius 1 is 1.09 bits per heavy atom. The average molecular weight is 431 g/mol. The van der Waals surface area contributed by atoms with Gasteiger partial charge in [0.05, 0.1) is 13.0 Å². The number of benzene rings is 3. The van der Waals surface area contributed by atoms with E-state index in [-0.39, 0.29) is 11.7 Å². The van der Waals surface area contributed by atoms with Crippen LogP contribution in [-0.2, 0) is 17.8 Å². The quantitative estimate of drug-likeness (QED) is 0.601. The maximum atomic E-state index is 13.7. The molecule has 1 amide bonds. The van der Waals surface area contributed by atoms with Crippen LogP contribution in [0.2, 0.25) is 0 Å². The number of amides is 1. The molecule has 3 N–H and O–H groups in total. The first-order valence-electron chi connectivity index (χ1n) is 10.6. The van der Waals surface area contributed by atoms with Crippen LogP contribution in [-0.4, -0.2) is 31.4 Å². The average Bonchev–Trinajstić information content (AvgIpc) is 3.05. The van der Waals surface area contributed by atoms with Crippen molar-refractivity contribution in [1.29, 1.82) is 0 Å². The van der Waals surface area contributed by atoms with Gasteiger partial charge >= 0.3 is 0 Å². The third kappa shape index (κ3) is 4.81. The first kappa shape index (κ1) is 21.6. The highest BCUT2D eigenvalue weighted by molar-refractivity contribution is 5.93. The normalized spacial score (nSPS) is 16.2. The molecule has 0 aromatic heterocycles. The van der Waals surface area contributed by atoms with Crippen molar-refractivity contribution in [3.63, 3.8) is 0 Å². The van der Waals surface area contributed by atoms with Gasteiger partial charge in [0.2, 0.25) is 5.91 Å². The molecule has 3 aromatic carbocycles. The molecular weight excluding hydrogens is 404 g/mol. The number of carbonyl (C=O) groups is 2. The van der Waals surface area contributed by atoms with Crippen molar-refractivity contribution in [2.24, 2.45) is 5.73 Å². The number of Topliss-reactive ketones (excluding diaryl/α,β-unsaturated/α-hetero) is 1. The molecule has 32 heavy (non-hydrogen) atoms. The molecule has 1 aliphatic rings. The van der Waals surface area contributed by atoms with Gasteiger partial charge in [-0.1, -0.05) is 48.5 Å². The number of nitrogens with two attached hydrogens (primary N) is 1. The Morgan fingerprint density at radius 3 is 2.53 bits per heavy atom. The van der Waals surface area contributed by atoms with Crippen LogP contribution < -0.4 is 20.5 Å². The summed E-state index contributed by atoms with van der Waals surface area (Å²) >= 11 is 0. The van der Waals surface area contributed by atoms with Crippen LogP contribution in [0.5, 0.6) is 11.5 Å². The number of nitrogens with one attached hydrogen (secondary N) is 1. The van der Waals surface area contributed by atoms with Crippen LogP contribution in [0.25, 0.3) is 0 Å². The molecule has 0 saturated heterocycles. The molecule has 4 rings (SSSR count). The van der Waals surface area contributed by atoms with Crippen molar-refractivity contribution < 1.29 is 19.1 Å². The van der Waals surface area contributed by atoms with Gasteiger partial charge in [-0.05, 0) is 41.8 Å². The number of carbonyl (C=O) groups excluding carboxylic acids is 2. The molecular formula is C26H26N2O4. The van der Waals surface area contributed by atoms with E-state index in [9.17, 15) is 9.59 Å². The zero-order valence-electron chi connectivity index (χ0n) is 17.9. The Kier molecular flexibility index (Phi) is 6.52. The lowest BCUT2D eigenvalue weighted by Gasteiger charge is -2.23. The number of ketones is 1. The highest BCUT2D eigenvalue weighted by Crippen LogP contribution is 2.29. The fourth-order valence-corrected chi connectivity index (χ4v) is 3.94. The maximum absolute atomic E-state index is 13.7. The lowest BCUT2D eigenvalue weighted by atomic mass is 9.86. The summed E-state index contributed by atoms with van der Waals surface area (Å²) in [4.78, 5) is 25.3. The number of hydrogen-bond acceptors (Lipinski definition) is 5. The molecule has 164 valence electrons. The molecule has 1 aliphatic heterocycles. The van der Waals surface area contributed by atoms with Crippen molar-refractivity contribution in [2.45, 2.75) is 25.0 Å². The summed E-state index contributed by atoms with van der Waals surface area (Å²) in [6.45, 7) is 0.929. The first-order chi connectivity index (χ1) is 15.5. The van der Waals surface area contributed by atoms with Gasteiger partial charge in [0.1, 0.15) is 11.5 Å². The maximum Gasteiger partial charge on any atom is 0.248 e. The van der Waals surface area contributed by atoms with E-state index in [1.54, 1.807) is 25.3 Å². The fourth-order valence-electron chi connectivity index (χ4n) is 3.94. The smallest absolute Gasteiger partial charge is 0.248 e. The molecule has 0 radical (unpaired) electrons. The number of ether oxygens (including phenoxy) is 2. The number of methoxy groups -OCH3 is 1. The third-order valence-corrected chi connectivity index (χ3v) is 5.73. The molecule has 2 unspecified atom stereocenters. The van der Waals surface area contributed by atoms with Gasteiger partial charge in [-0.25, -0.2) is 0 Å². The number of fused-ring (bicyclic) bond motifs is 1. The molecule has 0 bridgehead atoms. The van der Waals surface area contributed by atoms with Crippen LogP contribution in [0.3, 0.4) is 0 Å². The van der Waals surface area contributed by atoms with Gasteiger partial charge in [-0.2, -0.15) is 0 Å². The highest BCUT2D eigenvalue weighted by atomic mass is 16.5. The van der Waals surface area contributed by atoms with Gasteiger partial charge in [0.15, 0.2) is 11.9 Å². The van der Waals surface area contributed by atoms with E-state index >= 15 is 0 Å².